The van der Waals surface area contributed by atoms with Crippen molar-refractivity contribution in [2.24, 2.45) is 39.9 Å². The highest BCUT2D eigenvalue weighted by atomic mass is 16.5. The van der Waals surface area contributed by atoms with E-state index in [1.165, 1.54) is 26.2 Å². The minimum Gasteiger partial charge on any atom is -0.465 e. The number of hydrogen-bond donors (Lipinski definition) is 0. The maximum absolute atomic E-state index is 12.5. The standard InChI is InChI=1S/C24H34O4/c1-14(25)18-5-6-20-17-11-21(27-4)24-12-16(24)7-9-22(24,3)19(17)8-10-23(18,20)13-28-15(2)26/h5,16-17,19-21H,6-13H2,1-4H3/t16-,17-,19+,20+,21-,22-,23+,24+/m1/s1. The van der Waals surface area contributed by atoms with E-state index in [0.717, 1.165) is 37.2 Å². The molecule has 4 nitrogen and oxygen atoms in total. The molecule has 8 atom stereocenters. The van der Waals surface area contributed by atoms with Crippen LogP contribution in [0.1, 0.15) is 65.7 Å². The zero-order chi connectivity index (χ0) is 19.9. The monoisotopic (exact) mass is 386 g/mol. The third-order valence-corrected chi connectivity index (χ3v) is 10.1. The van der Waals surface area contributed by atoms with Gasteiger partial charge in [-0.15, -0.1) is 0 Å². The molecular formula is C24H34O4. The molecule has 1 spiro atoms. The van der Waals surface area contributed by atoms with Gasteiger partial charge >= 0.3 is 5.97 Å². The summed E-state index contributed by atoms with van der Waals surface area (Å²) in [7, 11) is 1.90. The highest BCUT2D eigenvalue weighted by Gasteiger charge is 2.77. The lowest BCUT2D eigenvalue weighted by Gasteiger charge is -2.60. The maximum Gasteiger partial charge on any atom is 0.302 e. The van der Waals surface area contributed by atoms with Gasteiger partial charge in [-0.1, -0.05) is 13.0 Å². The number of allylic oxidation sites excluding steroid dienone is 1. The zero-order valence-corrected chi connectivity index (χ0v) is 17.8. The lowest BCUT2D eigenvalue weighted by molar-refractivity contribution is -0.168. The lowest BCUT2D eigenvalue weighted by atomic mass is 9.45. The zero-order valence-electron chi connectivity index (χ0n) is 17.8. The minimum atomic E-state index is -0.278. The number of carbonyl (C=O) groups is 2. The molecule has 0 N–H and O–H groups in total. The summed E-state index contributed by atoms with van der Waals surface area (Å²) in [4.78, 5) is 24.1. The van der Waals surface area contributed by atoms with Crippen molar-refractivity contribution in [2.45, 2.75) is 71.8 Å². The van der Waals surface area contributed by atoms with E-state index in [4.69, 9.17) is 9.47 Å². The average molecular weight is 387 g/mol. The van der Waals surface area contributed by atoms with E-state index in [0.29, 0.717) is 41.3 Å². The maximum atomic E-state index is 12.5. The molecule has 4 fully saturated rings. The van der Waals surface area contributed by atoms with Gasteiger partial charge in [0.05, 0.1) is 6.10 Å². The summed E-state index contributed by atoms with van der Waals surface area (Å²) in [6.45, 7) is 6.07. The number of methoxy groups -OCH3 is 1. The van der Waals surface area contributed by atoms with E-state index in [9.17, 15) is 9.59 Å². The number of ether oxygens (including phenoxy) is 2. The molecule has 5 rings (SSSR count). The Balaban J connectivity index is 1.52. The molecule has 0 amide bonds. The fourth-order valence-electron chi connectivity index (χ4n) is 8.96. The van der Waals surface area contributed by atoms with Crippen molar-refractivity contribution < 1.29 is 19.1 Å². The predicted molar refractivity (Wildman–Crippen MR) is 105 cm³/mol. The largest absolute Gasteiger partial charge is 0.465 e. The molecule has 154 valence electrons. The summed E-state index contributed by atoms with van der Waals surface area (Å²) >= 11 is 0. The third-order valence-electron chi connectivity index (χ3n) is 10.1. The SMILES string of the molecule is CO[C@@H]1C[C@H]2[C@@H]3CC=C(C(C)=O)[C@@]3(COC(C)=O)CC[C@@H]2[C@@]2(C)CC[C@@H]3C[C@]312. The number of ketones is 1. The normalized spacial score (nSPS) is 50.7. The predicted octanol–water partition coefficient (Wildman–Crippen LogP) is 4.32. The second kappa shape index (κ2) is 5.93. The van der Waals surface area contributed by atoms with Crippen molar-refractivity contribution in [3.63, 3.8) is 0 Å². The van der Waals surface area contributed by atoms with E-state index in [1.54, 1.807) is 6.92 Å². The molecule has 4 heteroatoms. The smallest absolute Gasteiger partial charge is 0.302 e. The van der Waals surface area contributed by atoms with Gasteiger partial charge in [0, 0.05) is 30.4 Å². The number of Topliss-reactive ketones (excluding diaryl/α,β-unsaturated/α-hetero) is 1. The Kier molecular flexibility index (Phi) is 3.99. The second-order valence-corrected chi connectivity index (χ2v) is 10.6. The summed E-state index contributed by atoms with van der Waals surface area (Å²) in [5.41, 5.74) is 1.42. The van der Waals surface area contributed by atoms with Crippen LogP contribution in [0.2, 0.25) is 0 Å². The van der Waals surface area contributed by atoms with Crippen LogP contribution in [-0.4, -0.2) is 31.6 Å². The molecule has 0 bridgehead atoms. The van der Waals surface area contributed by atoms with E-state index in [1.807, 2.05) is 7.11 Å². The summed E-state index contributed by atoms with van der Waals surface area (Å²) in [6, 6.07) is 0. The summed E-state index contributed by atoms with van der Waals surface area (Å²) in [5.74, 6) is 2.43. The average Bonchev–Trinajstić information content (AvgIpc) is 3.12. The topological polar surface area (TPSA) is 52.6 Å². The molecule has 0 aromatic carbocycles. The van der Waals surface area contributed by atoms with Gasteiger partial charge in [0.25, 0.3) is 0 Å². The Labute approximate surface area is 168 Å². The fraction of sp³-hybridized carbons (Fsp3) is 0.833. The second-order valence-electron chi connectivity index (χ2n) is 10.6. The van der Waals surface area contributed by atoms with Gasteiger partial charge in [-0.3, -0.25) is 9.59 Å². The molecule has 5 aliphatic carbocycles. The molecule has 0 aromatic rings. The van der Waals surface area contributed by atoms with E-state index in [2.05, 4.69) is 13.0 Å². The van der Waals surface area contributed by atoms with Crippen LogP contribution in [0.25, 0.3) is 0 Å². The number of rotatable bonds is 4. The fourth-order valence-corrected chi connectivity index (χ4v) is 8.96. The van der Waals surface area contributed by atoms with Crippen molar-refractivity contribution in [3.8, 4) is 0 Å². The van der Waals surface area contributed by atoms with Crippen LogP contribution in [0.5, 0.6) is 0 Å². The first-order chi connectivity index (χ1) is 13.3. The van der Waals surface area contributed by atoms with Crippen molar-refractivity contribution in [1.29, 1.82) is 0 Å². The van der Waals surface area contributed by atoms with E-state index >= 15 is 0 Å². The van der Waals surface area contributed by atoms with Gasteiger partial charge in [0.15, 0.2) is 5.78 Å². The Morgan fingerprint density at radius 2 is 1.96 bits per heavy atom. The third kappa shape index (κ3) is 2.11. The Morgan fingerprint density at radius 3 is 2.61 bits per heavy atom. The summed E-state index contributed by atoms with van der Waals surface area (Å²) in [6.07, 6.45) is 10.7. The number of esters is 1. The van der Waals surface area contributed by atoms with E-state index in [-0.39, 0.29) is 17.2 Å². The first-order valence-electron chi connectivity index (χ1n) is 11.2. The quantitative estimate of drug-likeness (QED) is 0.675. The van der Waals surface area contributed by atoms with Crippen LogP contribution in [0.3, 0.4) is 0 Å². The molecule has 0 aromatic heterocycles. The Bertz CT molecular complexity index is 756. The number of fused-ring (bicyclic) bond motifs is 4. The van der Waals surface area contributed by atoms with Crippen molar-refractivity contribution in [2.75, 3.05) is 13.7 Å². The van der Waals surface area contributed by atoms with Crippen LogP contribution >= 0.6 is 0 Å². The molecule has 5 aliphatic rings. The molecule has 28 heavy (non-hydrogen) atoms. The number of hydrogen-bond acceptors (Lipinski definition) is 4. The van der Waals surface area contributed by atoms with Gasteiger partial charge in [0.1, 0.15) is 6.61 Å². The van der Waals surface area contributed by atoms with Crippen molar-refractivity contribution >= 4 is 11.8 Å². The molecular weight excluding hydrogens is 352 g/mol. The summed E-state index contributed by atoms with van der Waals surface area (Å²) < 4.78 is 11.7. The first-order valence-corrected chi connectivity index (χ1v) is 11.2. The lowest BCUT2D eigenvalue weighted by Crippen LogP contribution is -2.58. The van der Waals surface area contributed by atoms with E-state index < -0.39 is 0 Å². The summed E-state index contributed by atoms with van der Waals surface area (Å²) in [5, 5.41) is 0. The van der Waals surface area contributed by atoms with Gasteiger partial charge in [-0.05, 0) is 81.0 Å². The van der Waals surface area contributed by atoms with Crippen LogP contribution < -0.4 is 0 Å². The Hall–Kier alpha value is -1.16. The van der Waals surface area contributed by atoms with Crippen LogP contribution in [0, 0.1) is 39.9 Å². The van der Waals surface area contributed by atoms with Gasteiger partial charge < -0.3 is 9.47 Å². The van der Waals surface area contributed by atoms with Crippen molar-refractivity contribution in [3.05, 3.63) is 11.6 Å². The van der Waals surface area contributed by atoms with Gasteiger partial charge in [0.2, 0.25) is 0 Å². The van der Waals surface area contributed by atoms with Crippen LogP contribution in [0.15, 0.2) is 11.6 Å². The van der Waals surface area contributed by atoms with Gasteiger partial charge in [-0.25, -0.2) is 0 Å². The minimum absolute atomic E-state index is 0.151. The first kappa shape index (κ1) is 18.8. The molecule has 0 radical (unpaired) electrons. The molecule has 0 unspecified atom stereocenters. The van der Waals surface area contributed by atoms with Crippen LogP contribution in [-0.2, 0) is 19.1 Å². The van der Waals surface area contributed by atoms with Gasteiger partial charge in [-0.2, -0.15) is 0 Å². The molecule has 0 saturated heterocycles. The molecule has 0 aliphatic heterocycles. The molecule has 4 saturated carbocycles. The van der Waals surface area contributed by atoms with Crippen LogP contribution in [0.4, 0.5) is 0 Å². The highest BCUT2D eigenvalue weighted by molar-refractivity contribution is 5.95. The molecule has 0 heterocycles. The number of carbonyl (C=O) groups excluding carboxylic acids is 2. The highest BCUT2D eigenvalue weighted by Crippen LogP contribution is 2.81. The van der Waals surface area contributed by atoms with Crippen molar-refractivity contribution in [1.82, 2.24) is 0 Å². The Morgan fingerprint density at radius 1 is 1.18 bits per heavy atom.